The van der Waals surface area contributed by atoms with Gasteiger partial charge in [-0.3, -0.25) is 0 Å². The molecule has 0 N–H and O–H groups in total. The van der Waals surface area contributed by atoms with Crippen LogP contribution >= 0.6 is 0 Å². The average Bonchev–Trinajstić information content (AvgIpc) is 2.50. The third kappa shape index (κ3) is 0.902. The van der Waals surface area contributed by atoms with E-state index < -0.39 is 0 Å². The lowest BCUT2D eigenvalue weighted by molar-refractivity contribution is 0.854. The zero-order valence-corrected chi connectivity index (χ0v) is 5.94. The molecule has 0 spiro atoms. The normalized spacial score (nSPS) is 10.2. The van der Waals surface area contributed by atoms with E-state index in [4.69, 9.17) is 0 Å². The number of hydrogen-bond acceptors (Lipinski definition) is 2. The van der Waals surface area contributed by atoms with Crippen molar-refractivity contribution in [3.63, 3.8) is 0 Å². The number of fused-ring (bicyclic) bond motifs is 1. The van der Waals surface area contributed by atoms with Gasteiger partial charge in [0.15, 0.2) is 0 Å². The van der Waals surface area contributed by atoms with Crippen molar-refractivity contribution in [2.45, 2.75) is 0 Å². The standard InChI is InChI=1S/C8H7N3/c1-2-7-3-4-8-5-9-10-11(8)6-7/h2-6H,1H2. The van der Waals surface area contributed by atoms with Gasteiger partial charge in [0, 0.05) is 6.20 Å². The van der Waals surface area contributed by atoms with E-state index in [0.29, 0.717) is 0 Å². The molecule has 11 heavy (non-hydrogen) atoms. The van der Waals surface area contributed by atoms with E-state index >= 15 is 0 Å². The van der Waals surface area contributed by atoms with Crippen LogP contribution in [-0.4, -0.2) is 14.8 Å². The number of aromatic nitrogens is 3. The molecule has 0 radical (unpaired) electrons. The Bertz CT molecular complexity index is 389. The van der Waals surface area contributed by atoms with Crippen LogP contribution in [0.15, 0.2) is 31.1 Å². The Labute approximate surface area is 64.0 Å². The summed E-state index contributed by atoms with van der Waals surface area (Å²) in [5.74, 6) is 0. The molecule has 2 aromatic heterocycles. The van der Waals surface area contributed by atoms with Gasteiger partial charge in [-0.1, -0.05) is 23.9 Å². The Balaban J connectivity index is 2.76. The van der Waals surface area contributed by atoms with Gasteiger partial charge >= 0.3 is 0 Å². The molecular weight excluding hydrogens is 138 g/mol. The summed E-state index contributed by atoms with van der Waals surface area (Å²) in [6.45, 7) is 3.66. The topological polar surface area (TPSA) is 30.2 Å². The van der Waals surface area contributed by atoms with E-state index in [2.05, 4.69) is 16.9 Å². The van der Waals surface area contributed by atoms with Crippen LogP contribution in [-0.2, 0) is 0 Å². The van der Waals surface area contributed by atoms with E-state index in [9.17, 15) is 0 Å². The summed E-state index contributed by atoms with van der Waals surface area (Å²) >= 11 is 0. The molecule has 0 saturated heterocycles. The second-order valence-corrected chi connectivity index (χ2v) is 2.27. The summed E-state index contributed by atoms with van der Waals surface area (Å²) in [5, 5.41) is 7.60. The van der Waals surface area contributed by atoms with Crippen molar-refractivity contribution in [1.82, 2.24) is 14.8 Å². The van der Waals surface area contributed by atoms with Gasteiger partial charge in [-0.2, -0.15) is 0 Å². The Hall–Kier alpha value is -1.64. The van der Waals surface area contributed by atoms with Crippen LogP contribution in [0.2, 0.25) is 0 Å². The maximum absolute atomic E-state index is 3.85. The molecule has 0 aromatic carbocycles. The molecule has 3 heteroatoms. The van der Waals surface area contributed by atoms with E-state index in [1.54, 1.807) is 16.8 Å². The fraction of sp³-hybridized carbons (Fsp3) is 0. The minimum Gasteiger partial charge on any atom is -0.220 e. The molecule has 0 bridgehead atoms. The van der Waals surface area contributed by atoms with E-state index in [-0.39, 0.29) is 0 Å². The van der Waals surface area contributed by atoms with Gasteiger partial charge in [-0.15, -0.1) is 5.10 Å². The number of rotatable bonds is 1. The first kappa shape index (κ1) is 6.09. The van der Waals surface area contributed by atoms with Crippen molar-refractivity contribution >= 4 is 11.6 Å². The van der Waals surface area contributed by atoms with Crippen molar-refractivity contribution in [3.05, 3.63) is 36.7 Å². The molecule has 2 heterocycles. The first-order chi connectivity index (χ1) is 5.40. The lowest BCUT2D eigenvalue weighted by Crippen LogP contribution is -1.86. The van der Waals surface area contributed by atoms with Crippen LogP contribution in [0, 0.1) is 0 Å². The van der Waals surface area contributed by atoms with Crippen molar-refractivity contribution in [1.29, 1.82) is 0 Å². The van der Waals surface area contributed by atoms with E-state index in [1.807, 2.05) is 18.3 Å². The predicted molar refractivity (Wildman–Crippen MR) is 43.1 cm³/mol. The molecule has 0 aliphatic carbocycles. The molecule has 2 aromatic rings. The van der Waals surface area contributed by atoms with E-state index in [1.165, 1.54) is 0 Å². The largest absolute Gasteiger partial charge is 0.220 e. The minimum atomic E-state index is 0.996. The summed E-state index contributed by atoms with van der Waals surface area (Å²) in [5.41, 5.74) is 2.04. The van der Waals surface area contributed by atoms with Gasteiger partial charge in [-0.05, 0) is 11.6 Å². The first-order valence-corrected chi connectivity index (χ1v) is 3.32. The van der Waals surface area contributed by atoms with E-state index in [0.717, 1.165) is 11.1 Å². The van der Waals surface area contributed by atoms with Gasteiger partial charge in [0.05, 0.1) is 11.7 Å². The molecule has 54 valence electrons. The first-order valence-electron chi connectivity index (χ1n) is 3.32. The smallest absolute Gasteiger partial charge is 0.0865 e. The SMILES string of the molecule is C=Cc1ccc2cnnn2c1. The number of pyridine rings is 1. The highest BCUT2D eigenvalue weighted by Gasteiger charge is 1.92. The fourth-order valence-electron chi connectivity index (χ4n) is 0.958. The molecule has 0 aliphatic heterocycles. The number of nitrogens with zero attached hydrogens (tertiary/aromatic N) is 3. The Morgan fingerprint density at radius 3 is 3.18 bits per heavy atom. The summed E-state index contributed by atoms with van der Waals surface area (Å²) in [4.78, 5) is 0. The summed E-state index contributed by atoms with van der Waals surface area (Å²) in [6, 6.07) is 3.93. The lowest BCUT2D eigenvalue weighted by Gasteiger charge is -1.92. The summed E-state index contributed by atoms with van der Waals surface area (Å²) in [7, 11) is 0. The summed E-state index contributed by atoms with van der Waals surface area (Å²) < 4.78 is 1.72. The van der Waals surface area contributed by atoms with Crippen LogP contribution in [0.25, 0.3) is 11.6 Å². The Kier molecular flexibility index (Phi) is 1.22. The maximum atomic E-state index is 3.85. The molecule has 0 aliphatic rings. The predicted octanol–water partition coefficient (Wildman–Crippen LogP) is 1.37. The average molecular weight is 145 g/mol. The van der Waals surface area contributed by atoms with Gasteiger partial charge < -0.3 is 0 Å². The molecule has 0 amide bonds. The van der Waals surface area contributed by atoms with Crippen molar-refractivity contribution in [2.75, 3.05) is 0 Å². The van der Waals surface area contributed by atoms with Gasteiger partial charge in [-0.25, -0.2) is 4.52 Å². The lowest BCUT2D eigenvalue weighted by atomic mass is 10.3. The molecule has 0 saturated carbocycles. The third-order valence-electron chi connectivity index (χ3n) is 1.56. The molecule has 0 atom stereocenters. The maximum Gasteiger partial charge on any atom is 0.0865 e. The molecule has 2 rings (SSSR count). The molecule has 3 nitrogen and oxygen atoms in total. The van der Waals surface area contributed by atoms with Gasteiger partial charge in [0.2, 0.25) is 0 Å². The zero-order chi connectivity index (χ0) is 7.68. The van der Waals surface area contributed by atoms with Crippen LogP contribution in [0.4, 0.5) is 0 Å². The van der Waals surface area contributed by atoms with Crippen LogP contribution in [0.1, 0.15) is 5.56 Å². The van der Waals surface area contributed by atoms with Crippen LogP contribution < -0.4 is 0 Å². The zero-order valence-electron chi connectivity index (χ0n) is 5.94. The van der Waals surface area contributed by atoms with Gasteiger partial charge in [0.1, 0.15) is 0 Å². The highest BCUT2D eigenvalue weighted by atomic mass is 15.4. The molecule has 0 unspecified atom stereocenters. The third-order valence-corrected chi connectivity index (χ3v) is 1.56. The Morgan fingerprint density at radius 2 is 2.36 bits per heavy atom. The number of hydrogen-bond donors (Lipinski definition) is 0. The Morgan fingerprint density at radius 1 is 1.45 bits per heavy atom. The molecule has 0 fully saturated rings. The summed E-state index contributed by atoms with van der Waals surface area (Å²) in [6.07, 6.45) is 5.38. The highest BCUT2D eigenvalue weighted by molar-refractivity contribution is 5.52. The monoisotopic (exact) mass is 145 g/mol. The van der Waals surface area contributed by atoms with Crippen LogP contribution in [0.5, 0.6) is 0 Å². The second kappa shape index (κ2) is 2.20. The van der Waals surface area contributed by atoms with Crippen molar-refractivity contribution < 1.29 is 0 Å². The molecular formula is C8H7N3. The highest BCUT2D eigenvalue weighted by Crippen LogP contribution is 2.04. The van der Waals surface area contributed by atoms with Gasteiger partial charge in [0.25, 0.3) is 0 Å². The van der Waals surface area contributed by atoms with Crippen molar-refractivity contribution in [3.8, 4) is 0 Å². The quantitative estimate of drug-likeness (QED) is 0.606. The second-order valence-electron chi connectivity index (χ2n) is 2.27. The van der Waals surface area contributed by atoms with Crippen molar-refractivity contribution in [2.24, 2.45) is 0 Å². The minimum absolute atomic E-state index is 0.996. The van der Waals surface area contributed by atoms with Crippen LogP contribution in [0.3, 0.4) is 0 Å². The fourth-order valence-corrected chi connectivity index (χ4v) is 0.958.